The van der Waals surface area contributed by atoms with Crippen molar-refractivity contribution >= 4 is 40.8 Å². The molecule has 0 saturated carbocycles. The molecule has 3 amide bonds. The molecule has 0 heterocycles. The number of hydrogen-bond donors (Lipinski definition) is 2. The molecule has 0 aliphatic carbocycles. The summed E-state index contributed by atoms with van der Waals surface area (Å²) in [6.45, 7) is 0. The van der Waals surface area contributed by atoms with Gasteiger partial charge in [-0.05, 0) is 42.0 Å². The van der Waals surface area contributed by atoms with Gasteiger partial charge in [0.2, 0.25) is 0 Å². The highest BCUT2D eigenvalue weighted by Gasteiger charge is 2.18. The molecule has 6 nitrogen and oxygen atoms in total. The predicted molar refractivity (Wildman–Crippen MR) is 138 cm³/mol. The quantitative estimate of drug-likeness (QED) is 0.272. The first-order valence-electron chi connectivity index (χ1n) is 10.6. The van der Waals surface area contributed by atoms with E-state index in [0.29, 0.717) is 10.8 Å². The van der Waals surface area contributed by atoms with Crippen molar-refractivity contribution in [3.8, 4) is 28.4 Å². The van der Waals surface area contributed by atoms with Gasteiger partial charge in [0.1, 0.15) is 11.6 Å². The molecule has 4 rings (SSSR count). The van der Waals surface area contributed by atoms with Gasteiger partial charge in [0, 0.05) is 22.3 Å². The molecular weight excluding hydrogens is 506 g/mol. The fourth-order valence-electron chi connectivity index (χ4n) is 3.41. The molecule has 0 radical (unpaired) electrons. The Morgan fingerprint density at radius 1 is 0.861 bits per heavy atom. The Balaban J connectivity index is 1.56. The first-order valence-corrected chi connectivity index (χ1v) is 11.4. The third-order valence-corrected chi connectivity index (χ3v) is 5.59. The van der Waals surface area contributed by atoms with Crippen LogP contribution in [0.1, 0.15) is 10.4 Å². The van der Waals surface area contributed by atoms with E-state index in [2.05, 4.69) is 10.6 Å². The predicted octanol–water partition coefficient (Wildman–Crippen LogP) is 7.56. The summed E-state index contributed by atoms with van der Waals surface area (Å²) in [5.41, 5.74) is 1.60. The summed E-state index contributed by atoms with van der Waals surface area (Å²) >= 11 is 12.7. The van der Waals surface area contributed by atoms with Crippen LogP contribution in [0.25, 0.3) is 11.1 Å². The van der Waals surface area contributed by atoms with Gasteiger partial charge in [0.25, 0.3) is 5.91 Å². The molecule has 0 saturated heterocycles. The highest BCUT2D eigenvalue weighted by atomic mass is 35.5. The van der Waals surface area contributed by atoms with Crippen molar-refractivity contribution in [2.75, 3.05) is 12.4 Å². The van der Waals surface area contributed by atoms with E-state index in [1.54, 1.807) is 18.2 Å². The molecule has 0 aliphatic heterocycles. The Bertz CT molecular complexity index is 1430. The number of rotatable bonds is 6. The van der Waals surface area contributed by atoms with E-state index in [9.17, 15) is 14.0 Å². The second kappa shape index (κ2) is 11.1. The monoisotopic (exact) mass is 524 g/mol. The van der Waals surface area contributed by atoms with Crippen LogP contribution in [0.5, 0.6) is 17.2 Å². The van der Waals surface area contributed by atoms with Crippen LogP contribution in [0.3, 0.4) is 0 Å². The van der Waals surface area contributed by atoms with Crippen LogP contribution in [-0.2, 0) is 0 Å². The fourth-order valence-corrected chi connectivity index (χ4v) is 3.84. The van der Waals surface area contributed by atoms with E-state index >= 15 is 0 Å². The molecular formula is C27H19Cl2FN2O4. The van der Waals surface area contributed by atoms with Crippen molar-refractivity contribution in [3.63, 3.8) is 0 Å². The van der Waals surface area contributed by atoms with Crippen molar-refractivity contribution < 1.29 is 23.5 Å². The number of methoxy groups -OCH3 is 1. The van der Waals surface area contributed by atoms with Crippen LogP contribution in [0, 0.1) is 5.82 Å². The zero-order chi connectivity index (χ0) is 25.7. The molecule has 2 N–H and O–H groups in total. The summed E-state index contributed by atoms with van der Waals surface area (Å²) in [6, 6.07) is 22.1. The van der Waals surface area contributed by atoms with Crippen molar-refractivity contribution in [2.45, 2.75) is 0 Å². The van der Waals surface area contributed by atoms with E-state index in [0.717, 1.165) is 17.2 Å². The average Bonchev–Trinajstić information content (AvgIpc) is 2.86. The first-order chi connectivity index (χ1) is 17.4. The lowest BCUT2D eigenvalue weighted by atomic mass is 10.0. The highest BCUT2D eigenvalue weighted by molar-refractivity contribution is 6.33. The topological polar surface area (TPSA) is 76.7 Å². The highest BCUT2D eigenvalue weighted by Crippen LogP contribution is 2.43. The number of urea groups is 1. The minimum Gasteiger partial charge on any atom is -0.493 e. The third kappa shape index (κ3) is 5.76. The summed E-state index contributed by atoms with van der Waals surface area (Å²) in [4.78, 5) is 24.5. The van der Waals surface area contributed by atoms with Crippen LogP contribution in [-0.4, -0.2) is 19.0 Å². The number of nitrogens with one attached hydrogen (secondary N) is 2. The van der Waals surface area contributed by atoms with Crippen LogP contribution in [0.15, 0.2) is 84.9 Å². The van der Waals surface area contributed by atoms with E-state index in [1.165, 1.54) is 37.4 Å². The lowest BCUT2D eigenvalue weighted by molar-refractivity contribution is 0.0963. The second-order valence-corrected chi connectivity index (χ2v) is 8.33. The molecule has 0 aromatic heterocycles. The molecule has 0 aliphatic rings. The maximum Gasteiger partial charge on any atom is 0.326 e. The molecule has 36 heavy (non-hydrogen) atoms. The van der Waals surface area contributed by atoms with Gasteiger partial charge >= 0.3 is 6.03 Å². The van der Waals surface area contributed by atoms with Crippen LogP contribution < -0.4 is 20.1 Å². The van der Waals surface area contributed by atoms with E-state index < -0.39 is 17.8 Å². The Kier molecular flexibility index (Phi) is 7.73. The molecule has 4 aromatic rings. The Hall–Kier alpha value is -4.07. The number of hydrogen-bond acceptors (Lipinski definition) is 4. The van der Waals surface area contributed by atoms with Gasteiger partial charge in [-0.15, -0.1) is 0 Å². The van der Waals surface area contributed by atoms with Gasteiger partial charge in [0.05, 0.1) is 17.7 Å². The van der Waals surface area contributed by atoms with Crippen molar-refractivity contribution in [1.29, 1.82) is 0 Å². The van der Waals surface area contributed by atoms with Gasteiger partial charge in [-0.2, -0.15) is 0 Å². The Labute approximate surface area is 216 Å². The number of anilines is 1. The molecule has 0 bridgehead atoms. The molecule has 0 fully saturated rings. The summed E-state index contributed by atoms with van der Waals surface area (Å²) in [5, 5.41) is 5.23. The van der Waals surface area contributed by atoms with Crippen molar-refractivity contribution in [2.24, 2.45) is 0 Å². The lowest BCUT2D eigenvalue weighted by Crippen LogP contribution is -2.34. The van der Waals surface area contributed by atoms with Gasteiger partial charge in [-0.3, -0.25) is 10.1 Å². The summed E-state index contributed by atoms with van der Waals surface area (Å²) < 4.78 is 25.4. The largest absolute Gasteiger partial charge is 0.493 e. The third-order valence-electron chi connectivity index (χ3n) is 5.07. The zero-order valence-electron chi connectivity index (χ0n) is 18.8. The van der Waals surface area contributed by atoms with Crippen LogP contribution in [0.4, 0.5) is 14.9 Å². The molecule has 0 unspecified atom stereocenters. The molecule has 182 valence electrons. The SMILES string of the molecule is COc1cc(NC(=O)NC(=O)c2ccccc2F)cc(Cl)c1Oc1ccc(Cl)cc1-c1ccccc1. The van der Waals surface area contributed by atoms with Gasteiger partial charge in [0.15, 0.2) is 11.5 Å². The van der Waals surface area contributed by atoms with Crippen LogP contribution in [0.2, 0.25) is 10.0 Å². The standard InChI is InChI=1S/C27H19Cl2FN2O4/c1-35-24-15-18(31-27(34)32-26(33)19-9-5-6-10-22(19)30)14-21(29)25(24)36-23-12-11-17(28)13-20(23)16-7-3-2-4-8-16/h2-15H,1H3,(H2,31,32,33,34). The first kappa shape index (κ1) is 25.0. The van der Waals surface area contributed by atoms with Gasteiger partial charge in [-0.25, -0.2) is 9.18 Å². The van der Waals surface area contributed by atoms with Gasteiger partial charge in [-0.1, -0.05) is 65.7 Å². The number of amides is 3. The van der Waals surface area contributed by atoms with E-state index in [1.807, 2.05) is 30.3 Å². The smallest absolute Gasteiger partial charge is 0.326 e. The zero-order valence-corrected chi connectivity index (χ0v) is 20.4. The summed E-state index contributed by atoms with van der Waals surface area (Å²) in [6.07, 6.45) is 0. The number of benzene rings is 4. The molecule has 9 heteroatoms. The van der Waals surface area contributed by atoms with Gasteiger partial charge < -0.3 is 14.8 Å². The second-order valence-electron chi connectivity index (χ2n) is 7.49. The number of carbonyl (C=O) groups is 2. The summed E-state index contributed by atoms with van der Waals surface area (Å²) in [7, 11) is 1.42. The minimum atomic E-state index is -0.889. The lowest BCUT2D eigenvalue weighted by Gasteiger charge is -2.17. The maximum absolute atomic E-state index is 13.8. The average molecular weight is 525 g/mol. The molecule has 4 aromatic carbocycles. The van der Waals surface area contributed by atoms with Crippen LogP contribution >= 0.6 is 23.2 Å². The van der Waals surface area contributed by atoms with E-state index in [4.69, 9.17) is 32.7 Å². The number of halogens is 3. The minimum absolute atomic E-state index is 0.138. The van der Waals surface area contributed by atoms with Crippen molar-refractivity contribution in [3.05, 3.63) is 106 Å². The Morgan fingerprint density at radius 3 is 2.31 bits per heavy atom. The summed E-state index contributed by atoms with van der Waals surface area (Å²) in [5.74, 6) is -0.704. The fraction of sp³-hybridized carbons (Fsp3) is 0.0370. The Morgan fingerprint density at radius 2 is 1.58 bits per heavy atom. The maximum atomic E-state index is 13.8. The number of ether oxygens (including phenoxy) is 2. The number of carbonyl (C=O) groups excluding carboxylic acids is 2. The number of imide groups is 1. The molecule has 0 atom stereocenters. The molecule has 0 spiro atoms. The normalized spacial score (nSPS) is 10.4. The van der Waals surface area contributed by atoms with Crippen molar-refractivity contribution in [1.82, 2.24) is 5.32 Å². The van der Waals surface area contributed by atoms with E-state index in [-0.39, 0.29) is 27.8 Å².